The minimum atomic E-state index is -0.551. The van der Waals surface area contributed by atoms with Crippen LogP contribution in [0.4, 0.5) is 10.1 Å². The third kappa shape index (κ3) is 4.13. The third-order valence-electron chi connectivity index (χ3n) is 3.42. The van der Waals surface area contributed by atoms with Crippen molar-refractivity contribution in [1.82, 2.24) is 4.98 Å². The van der Waals surface area contributed by atoms with Gasteiger partial charge < -0.3 is 11.1 Å². The van der Waals surface area contributed by atoms with Crippen LogP contribution in [0.1, 0.15) is 10.4 Å². The van der Waals surface area contributed by atoms with E-state index in [4.69, 9.17) is 5.73 Å². The number of nitrogens with zero attached hydrogens (tertiary/aromatic N) is 1. The van der Waals surface area contributed by atoms with Gasteiger partial charge in [0, 0.05) is 11.1 Å². The third-order valence-corrected chi connectivity index (χ3v) is 4.33. The molecule has 0 fully saturated rings. The number of pyridine rings is 1. The maximum Gasteiger partial charge on any atom is 0.249 e. The molecule has 5 nitrogen and oxygen atoms in total. The van der Waals surface area contributed by atoms with Crippen LogP contribution < -0.4 is 11.1 Å². The number of aromatic nitrogens is 1. The molecule has 1 aromatic heterocycles. The predicted octanol–water partition coefficient (Wildman–Crippen LogP) is 3.20. The first kappa shape index (κ1) is 16.9. The van der Waals surface area contributed by atoms with Gasteiger partial charge in [0.2, 0.25) is 11.8 Å². The maximum absolute atomic E-state index is 13.1. The first-order valence-electron chi connectivity index (χ1n) is 7.41. The highest BCUT2D eigenvalue weighted by atomic mass is 32.2. The molecular formula is C18H14FN3O2S. The molecule has 0 saturated heterocycles. The van der Waals surface area contributed by atoms with E-state index in [0.717, 1.165) is 0 Å². The van der Waals surface area contributed by atoms with Gasteiger partial charge in [0.15, 0.2) is 0 Å². The van der Waals surface area contributed by atoms with Crippen LogP contribution >= 0.6 is 11.8 Å². The zero-order valence-corrected chi connectivity index (χ0v) is 13.8. The summed E-state index contributed by atoms with van der Waals surface area (Å²) in [5.41, 5.74) is 6.81. The number of nitrogens with two attached hydrogens (primary N) is 1. The predicted molar refractivity (Wildman–Crippen MR) is 96.0 cm³/mol. The quantitative estimate of drug-likeness (QED) is 0.688. The van der Waals surface area contributed by atoms with Gasteiger partial charge in [-0.2, -0.15) is 0 Å². The van der Waals surface area contributed by atoms with Crippen molar-refractivity contribution in [3.8, 4) is 0 Å². The number of fused-ring (bicyclic) bond motifs is 1. The van der Waals surface area contributed by atoms with Crippen LogP contribution in [0.2, 0.25) is 0 Å². The summed E-state index contributed by atoms with van der Waals surface area (Å²) < 4.78 is 13.1. The fourth-order valence-electron chi connectivity index (χ4n) is 2.33. The van der Waals surface area contributed by atoms with Crippen molar-refractivity contribution in [2.45, 2.75) is 5.03 Å². The van der Waals surface area contributed by atoms with Crippen LogP contribution in [-0.2, 0) is 4.79 Å². The van der Waals surface area contributed by atoms with Gasteiger partial charge in [-0.25, -0.2) is 9.37 Å². The average molecular weight is 355 g/mol. The molecule has 0 bridgehead atoms. The number of halogens is 1. The number of primary amides is 1. The monoisotopic (exact) mass is 355 g/mol. The van der Waals surface area contributed by atoms with Gasteiger partial charge in [0.1, 0.15) is 5.82 Å². The summed E-state index contributed by atoms with van der Waals surface area (Å²) >= 11 is 1.17. The van der Waals surface area contributed by atoms with E-state index in [1.807, 2.05) is 6.07 Å². The Hall–Kier alpha value is -2.93. The molecule has 3 rings (SSSR count). The van der Waals surface area contributed by atoms with E-state index < -0.39 is 11.7 Å². The number of carbonyl (C=O) groups excluding carboxylic acids is 2. The Morgan fingerprint density at radius 2 is 1.92 bits per heavy atom. The van der Waals surface area contributed by atoms with Crippen LogP contribution in [0.3, 0.4) is 0 Å². The highest BCUT2D eigenvalue weighted by molar-refractivity contribution is 7.99. The molecule has 0 aliphatic rings. The number of amides is 2. The smallest absolute Gasteiger partial charge is 0.249 e. The number of para-hydroxylation sites is 1. The molecule has 0 aliphatic heterocycles. The molecule has 0 spiro atoms. The molecule has 7 heteroatoms. The number of anilines is 1. The molecular weight excluding hydrogens is 341 g/mol. The Morgan fingerprint density at radius 3 is 2.68 bits per heavy atom. The minimum absolute atomic E-state index is 0.0695. The molecule has 0 atom stereocenters. The van der Waals surface area contributed by atoms with Crippen LogP contribution in [-0.4, -0.2) is 22.6 Å². The number of carbonyl (C=O) groups is 2. The highest BCUT2D eigenvalue weighted by Crippen LogP contribution is 2.24. The lowest BCUT2D eigenvalue weighted by Crippen LogP contribution is -2.15. The van der Waals surface area contributed by atoms with Crippen molar-refractivity contribution in [1.29, 1.82) is 0 Å². The van der Waals surface area contributed by atoms with Gasteiger partial charge in [0.05, 0.1) is 21.9 Å². The minimum Gasteiger partial charge on any atom is -0.366 e. The summed E-state index contributed by atoms with van der Waals surface area (Å²) in [4.78, 5) is 28.1. The molecule has 1 heterocycles. The van der Waals surface area contributed by atoms with E-state index in [-0.39, 0.29) is 11.7 Å². The zero-order valence-electron chi connectivity index (χ0n) is 13.0. The van der Waals surface area contributed by atoms with Crippen LogP contribution in [0.25, 0.3) is 10.9 Å². The van der Waals surface area contributed by atoms with Crippen molar-refractivity contribution < 1.29 is 14.0 Å². The average Bonchev–Trinajstić information content (AvgIpc) is 2.59. The van der Waals surface area contributed by atoms with E-state index >= 15 is 0 Å². The lowest BCUT2D eigenvalue weighted by molar-refractivity contribution is -0.113. The number of nitrogens with one attached hydrogen (secondary N) is 1. The summed E-state index contributed by atoms with van der Waals surface area (Å²) in [6.45, 7) is 0. The van der Waals surface area contributed by atoms with Crippen LogP contribution in [0, 0.1) is 5.82 Å². The summed E-state index contributed by atoms with van der Waals surface area (Å²) in [6, 6.07) is 14.4. The topological polar surface area (TPSA) is 85.1 Å². The van der Waals surface area contributed by atoms with Gasteiger partial charge in [-0.1, -0.05) is 36.0 Å². The number of hydrogen-bond acceptors (Lipinski definition) is 4. The number of hydrogen-bond donors (Lipinski definition) is 2. The van der Waals surface area contributed by atoms with E-state index in [2.05, 4.69) is 10.3 Å². The Kier molecular flexibility index (Phi) is 4.95. The number of benzene rings is 2. The van der Waals surface area contributed by atoms with Crippen molar-refractivity contribution in [2.24, 2.45) is 5.73 Å². The Labute approximate surface area is 147 Å². The fraction of sp³-hybridized carbons (Fsp3) is 0.0556. The lowest BCUT2D eigenvalue weighted by Gasteiger charge is -2.08. The van der Waals surface area contributed by atoms with Crippen LogP contribution in [0.15, 0.2) is 59.6 Å². The first-order valence-corrected chi connectivity index (χ1v) is 8.39. The largest absolute Gasteiger partial charge is 0.366 e. The molecule has 126 valence electrons. The second kappa shape index (κ2) is 7.31. The number of rotatable bonds is 5. The van der Waals surface area contributed by atoms with E-state index in [0.29, 0.717) is 27.2 Å². The van der Waals surface area contributed by atoms with Gasteiger partial charge in [-0.3, -0.25) is 9.59 Å². The SMILES string of the molecule is NC(=O)c1cc(SCC(=O)Nc2cccc(F)c2)nc2ccccc12. The Bertz CT molecular complexity index is 962. The molecule has 25 heavy (non-hydrogen) atoms. The van der Waals surface area contributed by atoms with E-state index in [1.54, 1.807) is 30.3 Å². The molecule has 3 aromatic rings. The normalized spacial score (nSPS) is 10.6. The second-order valence-corrected chi connectivity index (χ2v) is 6.23. The molecule has 2 amide bonds. The lowest BCUT2D eigenvalue weighted by atomic mass is 10.1. The fourth-order valence-corrected chi connectivity index (χ4v) is 3.05. The molecule has 0 aliphatic carbocycles. The number of thioether (sulfide) groups is 1. The van der Waals surface area contributed by atoms with Gasteiger partial charge in [0.25, 0.3) is 0 Å². The molecule has 0 saturated carbocycles. The highest BCUT2D eigenvalue weighted by Gasteiger charge is 2.12. The molecule has 0 radical (unpaired) electrons. The van der Waals surface area contributed by atoms with Crippen molar-refractivity contribution in [3.63, 3.8) is 0 Å². The van der Waals surface area contributed by atoms with E-state index in [1.165, 1.54) is 30.0 Å². The van der Waals surface area contributed by atoms with Gasteiger partial charge in [-0.15, -0.1) is 0 Å². The summed E-state index contributed by atoms with van der Waals surface area (Å²) in [5, 5.41) is 3.79. The zero-order chi connectivity index (χ0) is 17.8. The Morgan fingerprint density at radius 1 is 1.12 bits per heavy atom. The van der Waals surface area contributed by atoms with Crippen molar-refractivity contribution >= 4 is 40.2 Å². The molecule has 2 aromatic carbocycles. The van der Waals surface area contributed by atoms with Gasteiger partial charge >= 0.3 is 0 Å². The van der Waals surface area contributed by atoms with Gasteiger partial charge in [-0.05, 0) is 30.3 Å². The van der Waals surface area contributed by atoms with E-state index in [9.17, 15) is 14.0 Å². The van der Waals surface area contributed by atoms with Crippen molar-refractivity contribution in [3.05, 3.63) is 66.0 Å². The second-order valence-electron chi connectivity index (χ2n) is 5.24. The maximum atomic E-state index is 13.1. The summed E-state index contributed by atoms with van der Waals surface area (Å²) in [5.74, 6) is -1.20. The molecule has 0 unspecified atom stereocenters. The first-order chi connectivity index (χ1) is 12.0. The van der Waals surface area contributed by atoms with Crippen LogP contribution in [0.5, 0.6) is 0 Å². The standard InChI is InChI=1S/C18H14FN3O2S/c19-11-4-3-5-12(8-11)21-16(23)10-25-17-9-14(18(20)24)13-6-1-2-7-15(13)22-17/h1-9H,10H2,(H2,20,24)(H,21,23). The molecule has 3 N–H and O–H groups in total. The van der Waals surface area contributed by atoms with Crippen molar-refractivity contribution in [2.75, 3.05) is 11.1 Å². The summed E-state index contributed by atoms with van der Waals surface area (Å²) in [6.07, 6.45) is 0. The Balaban J connectivity index is 1.74. The summed E-state index contributed by atoms with van der Waals surface area (Å²) in [7, 11) is 0.